The number of aryl methyl sites for hydroxylation is 1. The van der Waals surface area contributed by atoms with Gasteiger partial charge in [0.1, 0.15) is 0 Å². The molecular formula is C15H16N2OS. The minimum Gasteiger partial charge on any atom is -0.333 e. The van der Waals surface area contributed by atoms with Crippen molar-refractivity contribution in [3.05, 3.63) is 57.8 Å². The van der Waals surface area contributed by atoms with E-state index in [0.29, 0.717) is 6.54 Å². The van der Waals surface area contributed by atoms with Crippen molar-refractivity contribution in [1.82, 2.24) is 10.6 Å². The van der Waals surface area contributed by atoms with E-state index in [4.69, 9.17) is 0 Å². The molecule has 1 aliphatic carbocycles. The van der Waals surface area contributed by atoms with Crippen molar-refractivity contribution in [2.75, 3.05) is 0 Å². The van der Waals surface area contributed by atoms with Crippen LogP contribution < -0.4 is 10.6 Å². The lowest BCUT2D eigenvalue weighted by molar-refractivity contribution is 0.236. The molecule has 3 nitrogen and oxygen atoms in total. The Balaban J connectivity index is 1.56. The monoisotopic (exact) mass is 272 g/mol. The van der Waals surface area contributed by atoms with E-state index in [0.717, 1.165) is 12.8 Å². The first-order valence-electron chi connectivity index (χ1n) is 6.47. The zero-order valence-electron chi connectivity index (χ0n) is 10.6. The predicted molar refractivity (Wildman–Crippen MR) is 77.2 cm³/mol. The molecule has 0 aliphatic heterocycles. The fraction of sp³-hybridized carbons (Fsp3) is 0.267. The summed E-state index contributed by atoms with van der Waals surface area (Å²) in [7, 11) is 0. The van der Waals surface area contributed by atoms with Crippen molar-refractivity contribution in [2.45, 2.75) is 25.4 Å². The number of carbonyl (C=O) groups excluding carboxylic acids is 1. The highest BCUT2D eigenvalue weighted by Gasteiger charge is 2.23. The highest BCUT2D eigenvalue weighted by molar-refractivity contribution is 7.09. The number of thiophene rings is 1. The van der Waals surface area contributed by atoms with Crippen LogP contribution in [0.15, 0.2) is 41.8 Å². The minimum atomic E-state index is -0.0879. The van der Waals surface area contributed by atoms with E-state index in [2.05, 4.69) is 28.8 Å². The summed E-state index contributed by atoms with van der Waals surface area (Å²) in [5, 5.41) is 7.97. The highest BCUT2D eigenvalue weighted by Crippen LogP contribution is 2.30. The topological polar surface area (TPSA) is 41.1 Å². The summed E-state index contributed by atoms with van der Waals surface area (Å²) in [6.45, 7) is 0.595. The molecule has 0 radical (unpaired) electrons. The van der Waals surface area contributed by atoms with Crippen LogP contribution in [0.1, 0.15) is 28.5 Å². The number of benzene rings is 1. The molecule has 1 heterocycles. The van der Waals surface area contributed by atoms with Gasteiger partial charge in [-0.2, -0.15) is 0 Å². The number of urea groups is 1. The molecule has 1 aromatic carbocycles. The quantitative estimate of drug-likeness (QED) is 0.885. The molecule has 0 saturated carbocycles. The Kier molecular flexibility index (Phi) is 3.51. The first-order valence-corrected chi connectivity index (χ1v) is 7.35. The summed E-state index contributed by atoms with van der Waals surface area (Å²) in [6.07, 6.45) is 2.04. The van der Waals surface area contributed by atoms with Gasteiger partial charge in [0, 0.05) is 4.88 Å². The zero-order chi connectivity index (χ0) is 13.1. The molecule has 1 atom stereocenters. The maximum Gasteiger partial charge on any atom is 0.315 e. The molecule has 3 rings (SSSR count). The van der Waals surface area contributed by atoms with E-state index in [1.807, 2.05) is 23.6 Å². The lowest BCUT2D eigenvalue weighted by atomic mass is 10.1. The summed E-state index contributed by atoms with van der Waals surface area (Å²) in [5.41, 5.74) is 2.61. The van der Waals surface area contributed by atoms with Gasteiger partial charge in [-0.1, -0.05) is 30.3 Å². The molecule has 0 bridgehead atoms. The highest BCUT2D eigenvalue weighted by atomic mass is 32.1. The number of rotatable bonds is 3. The fourth-order valence-electron chi connectivity index (χ4n) is 2.50. The molecule has 98 valence electrons. The number of hydrogen-bond donors (Lipinski definition) is 2. The van der Waals surface area contributed by atoms with E-state index in [1.54, 1.807) is 11.3 Å². The summed E-state index contributed by atoms with van der Waals surface area (Å²) < 4.78 is 0. The van der Waals surface area contributed by atoms with Crippen molar-refractivity contribution in [1.29, 1.82) is 0 Å². The lowest BCUT2D eigenvalue weighted by Gasteiger charge is -2.14. The van der Waals surface area contributed by atoms with Crippen LogP contribution in [-0.2, 0) is 13.0 Å². The van der Waals surface area contributed by atoms with Gasteiger partial charge in [0.2, 0.25) is 0 Å². The third-order valence-electron chi connectivity index (χ3n) is 3.44. The van der Waals surface area contributed by atoms with Gasteiger partial charge in [-0.3, -0.25) is 0 Å². The first kappa shape index (κ1) is 12.2. The van der Waals surface area contributed by atoms with Crippen LogP contribution in [0.25, 0.3) is 0 Å². The van der Waals surface area contributed by atoms with Gasteiger partial charge in [0.25, 0.3) is 0 Å². The number of fused-ring (bicyclic) bond motifs is 1. The minimum absolute atomic E-state index is 0.0879. The van der Waals surface area contributed by atoms with Crippen molar-refractivity contribution >= 4 is 17.4 Å². The standard InChI is InChI=1S/C15H16N2OS/c18-15(16-10-12-5-3-9-19-12)17-14-8-7-11-4-1-2-6-13(11)14/h1-6,9,14H,7-8,10H2,(H2,16,17,18). The molecule has 19 heavy (non-hydrogen) atoms. The van der Waals surface area contributed by atoms with Crippen LogP contribution in [0, 0.1) is 0 Å². The van der Waals surface area contributed by atoms with Crippen LogP contribution in [0.3, 0.4) is 0 Å². The largest absolute Gasteiger partial charge is 0.333 e. The summed E-state index contributed by atoms with van der Waals surface area (Å²) >= 11 is 1.65. The second-order valence-electron chi connectivity index (χ2n) is 4.70. The Bertz CT molecular complexity index is 565. The maximum absolute atomic E-state index is 11.9. The Morgan fingerprint density at radius 2 is 2.16 bits per heavy atom. The molecule has 2 amide bonds. The van der Waals surface area contributed by atoms with Crippen LogP contribution >= 0.6 is 11.3 Å². The zero-order valence-corrected chi connectivity index (χ0v) is 11.4. The third-order valence-corrected chi connectivity index (χ3v) is 4.32. The Morgan fingerprint density at radius 1 is 1.26 bits per heavy atom. The Labute approximate surface area is 116 Å². The second-order valence-corrected chi connectivity index (χ2v) is 5.73. The molecule has 0 saturated heterocycles. The average Bonchev–Trinajstić information content (AvgIpc) is 3.07. The number of hydrogen-bond acceptors (Lipinski definition) is 2. The Morgan fingerprint density at radius 3 is 3.00 bits per heavy atom. The molecule has 0 spiro atoms. The van der Waals surface area contributed by atoms with Crippen LogP contribution in [0.4, 0.5) is 4.79 Å². The maximum atomic E-state index is 11.9. The van der Waals surface area contributed by atoms with E-state index >= 15 is 0 Å². The van der Waals surface area contributed by atoms with Gasteiger partial charge in [-0.15, -0.1) is 11.3 Å². The molecule has 4 heteroatoms. The summed E-state index contributed by atoms with van der Waals surface area (Å²) in [6, 6.07) is 12.4. The lowest BCUT2D eigenvalue weighted by Crippen LogP contribution is -2.36. The molecule has 0 fully saturated rings. The first-order chi connectivity index (χ1) is 9.33. The third kappa shape index (κ3) is 2.79. The summed E-state index contributed by atoms with van der Waals surface area (Å²) in [5.74, 6) is 0. The SMILES string of the molecule is O=C(NCc1cccs1)NC1CCc2ccccc21. The second kappa shape index (κ2) is 5.45. The van der Waals surface area contributed by atoms with Gasteiger partial charge in [-0.25, -0.2) is 4.79 Å². The smallest absolute Gasteiger partial charge is 0.315 e. The summed E-state index contributed by atoms with van der Waals surface area (Å²) in [4.78, 5) is 13.1. The van der Waals surface area contributed by atoms with Gasteiger partial charge in [0.05, 0.1) is 12.6 Å². The molecule has 1 aliphatic rings. The van der Waals surface area contributed by atoms with Crippen LogP contribution in [0.2, 0.25) is 0 Å². The van der Waals surface area contributed by atoms with Crippen LogP contribution in [0.5, 0.6) is 0 Å². The molecule has 1 aromatic heterocycles. The van der Waals surface area contributed by atoms with E-state index in [1.165, 1.54) is 16.0 Å². The average molecular weight is 272 g/mol. The normalized spacial score (nSPS) is 16.9. The van der Waals surface area contributed by atoms with E-state index < -0.39 is 0 Å². The molecule has 1 unspecified atom stereocenters. The number of carbonyl (C=O) groups is 1. The predicted octanol–water partition coefficient (Wildman–Crippen LogP) is 3.23. The van der Waals surface area contributed by atoms with Crippen molar-refractivity contribution < 1.29 is 4.79 Å². The van der Waals surface area contributed by atoms with Gasteiger partial charge in [0.15, 0.2) is 0 Å². The fourth-order valence-corrected chi connectivity index (χ4v) is 3.14. The molecule has 2 N–H and O–H groups in total. The van der Waals surface area contributed by atoms with Crippen molar-refractivity contribution in [2.24, 2.45) is 0 Å². The van der Waals surface area contributed by atoms with Crippen molar-refractivity contribution in [3.63, 3.8) is 0 Å². The van der Waals surface area contributed by atoms with Gasteiger partial charge >= 0.3 is 6.03 Å². The van der Waals surface area contributed by atoms with E-state index in [9.17, 15) is 4.79 Å². The van der Waals surface area contributed by atoms with Crippen LogP contribution in [-0.4, -0.2) is 6.03 Å². The van der Waals surface area contributed by atoms with Gasteiger partial charge < -0.3 is 10.6 Å². The number of amides is 2. The van der Waals surface area contributed by atoms with Gasteiger partial charge in [-0.05, 0) is 35.4 Å². The van der Waals surface area contributed by atoms with E-state index in [-0.39, 0.29) is 12.1 Å². The molecular weight excluding hydrogens is 256 g/mol. The molecule has 2 aromatic rings. The van der Waals surface area contributed by atoms with Crippen molar-refractivity contribution in [3.8, 4) is 0 Å². The Hall–Kier alpha value is -1.81. The number of nitrogens with one attached hydrogen (secondary N) is 2.